The average molecular weight is 268 g/mol. The molecule has 0 bridgehead atoms. The van der Waals surface area contributed by atoms with Crippen molar-refractivity contribution in [3.63, 3.8) is 0 Å². The highest BCUT2D eigenvalue weighted by molar-refractivity contribution is 5.75. The second kappa shape index (κ2) is 15.7. The minimum Gasteiger partial charge on any atom is -0.300 e. The minimum atomic E-state index is 0.343. The van der Waals surface area contributed by atoms with Crippen LogP contribution in [-0.2, 0) is 4.79 Å². The maximum atomic E-state index is 10.7. The molecule has 0 N–H and O–H groups in total. The lowest BCUT2D eigenvalue weighted by Crippen LogP contribution is -1.89. The molecule has 1 aliphatic carbocycles. The molecule has 1 heteroatoms. The lowest BCUT2D eigenvalue weighted by Gasteiger charge is -2.01. The van der Waals surface area contributed by atoms with Crippen LogP contribution in [0.4, 0.5) is 0 Å². The van der Waals surface area contributed by atoms with Gasteiger partial charge in [-0.25, -0.2) is 0 Å². The molecule has 0 aromatic heterocycles. The lowest BCUT2D eigenvalue weighted by atomic mass is 10.0. The van der Waals surface area contributed by atoms with Crippen molar-refractivity contribution in [3.05, 3.63) is 0 Å². The number of rotatable bonds is 12. The topological polar surface area (TPSA) is 17.1 Å². The Morgan fingerprint density at radius 2 is 1.05 bits per heavy atom. The summed E-state index contributed by atoms with van der Waals surface area (Å²) < 4.78 is 0. The van der Waals surface area contributed by atoms with Crippen LogP contribution < -0.4 is 0 Å². The fourth-order valence-corrected chi connectivity index (χ4v) is 2.04. The molecule has 0 heterocycles. The Balaban J connectivity index is 0.000000934. The molecule has 0 unspecified atom stereocenters. The van der Waals surface area contributed by atoms with Crippen LogP contribution in [0, 0.1) is 0 Å². The van der Waals surface area contributed by atoms with Crippen molar-refractivity contribution in [2.24, 2.45) is 0 Å². The van der Waals surface area contributed by atoms with Crippen LogP contribution in [-0.4, -0.2) is 5.78 Å². The van der Waals surface area contributed by atoms with Crippen molar-refractivity contribution in [1.29, 1.82) is 0 Å². The first kappa shape index (κ1) is 18.7. The Hall–Kier alpha value is -0.330. The summed E-state index contributed by atoms with van der Waals surface area (Å²) in [5.41, 5.74) is 0. The molecule has 0 amide bonds. The van der Waals surface area contributed by atoms with E-state index < -0.39 is 0 Å². The highest BCUT2D eigenvalue weighted by Crippen LogP contribution is 2.15. The highest BCUT2D eigenvalue weighted by atomic mass is 16.1. The van der Waals surface area contributed by atoms with Crippen molar-refractivity contribution < 1.29 is 4.79 Å². The van der Waals surface area contributed by atoms with Crippen molar-refractivity contribution >= 4 is 5.78 Å². The molecule has 0 atom stereocenters. The Labute approximate surface area is 121 Å². The molecular weight excluding hydrogens is 232 g/mol. The van der Waals surface area contributed by atoms with Crippen LogP contribution in [0.25, 0.3) is 0 Å². The second-order valence-corrected chi connectivity index (χ2v) is 6.05. The molecule has 0 aliphatic heterocycles. The quantitative estimate of drug-likeness (QED) is 0.372. The summed E-state index contributed by atoms with van der Waals surface area (Å²) in [6, 6.07) is 0. The van der Waals surface area contributed by atoms with E-state index >= 15 is 0 Å². The van der Waals surface area contributed by atoms with Gasteiger partial charge in [0.15, 0.2) is 0 Å². The largest absolute Gasteiger partial charge is 0.300 e. The van der Waals surface area contributed by atoms with E-state index in [1.807, 2.05) is 0 Å². The molecule has 1 fully saturated rings. The van der Waals surface area contributed by atoms with Gasteiger partial charge in [0.1, 0.15) is 5.78 Å². The fraction of sp³-hybridized carbons (Fsp3) is 0.944. The normalized spacial score (nSPS) is 12.7. The Morgan fingerprint density at radius 1 is 0.684 bits per heavy atom. The molecule has 19 heavy (non-hydrogen) atoms. The molecule has 0 saturated heterocycles. The lowest BCUT2D eigenvalue weighted by molar-refractivity contribution is -0.117. The SMILES string of the molecule is C1CC1.CCCCCCCCCCCCCC(C)=O. The summed E-state index contributed by atoms with van der Waals surface area (Å²) in [6.45, 7) is 3.96. The van der Waals surface area contributed by atoms with Gasteiger partial charge in [0.2, 0.25) is 0 Å². The van der Waals surface area contributed by atoms with E-state index in [4.69, 9.17) is 0 Å². The third-order valence-electron chi connectivity index (χ3n) is 3.49. The van der Waals surface area contributed by atoms with Gasteiger partial charge in [-0.1, -0.05) is 90.4 Å². The van der Waals surface area contributed by atoms with Crippen LogP contribution in [0.1, 0.15) is 110 Å². The molecule has 1 rings (SSSR count). The first-order chi connectivity index (χ1) is 9.27. The van der Waals surface area contributed by atoms with Gasteiger partial charge in [-0.3, -0.25) is 0 Å². The molecule has 114 valence electrons. The van der Waals surface area contributed by atoms with Crippen LogP contribution >= 0.6 is 0 Å². The second-order valence-electron chi connectivity index (χ2n) is 6.05. The first-order valence-corrected chi connectivity index (χ1v) is 8.76. The van der Waals surface area contributed by atoms with E-state index in [1.165, 1.54) is 83.5 Å². The summed E-state index contributed by atoms with van der Waals surface area (Å²) in [7, 11) is 0. The average Bonchev–Trinajstić information content (AvgIpc) is 3.23. The Kier molecular flexibility index (Phi) is 15.5. The maximum Gasteiger partial charge on any atom is 0.129 e. The molecule has 0 aromatic carbocycles. The molecule has 0 aromatic rings. The molecular formula is C18H36O. The number of unbranched alkanes of at least 4 members (excludes halogenated alkanes) is 10. The van der Waals surface area contributed by atoms with Crippen molar-refractivity contribution in [2.75, 3.05) is 0 Å². The summed E-state index contributed by atoms with van der Waals surface area (Å²) in [6.07, 6.45) is 20.2. The molecule has 1 aliphatic rings. The van der Waals surface area contributed by atoms with Gasteiger partial charge in [-0.15, -0.1) is 0 Å². The van der Waals surface area contributed by atoms with Gasteiger partial charge in [0, 0.05) is 6.42 Å². The van der Waals surface area contributed by atoms with E-state index in [-0.39, 0.29) is 0 Å². The van der Waals surface area contributed by atoms with E-state index in [1.54, 1.807) is 6.92 Å². The Bertz CT molecular complexity index is 181. The number of carbonyl (C=O) groups is 1. The predicted molar refractivity (Wildman–Crippen MR) is 85.6 cm³/mol. The third-order valence-corrected chi connectivity index (χ3v) is 3.49. The number of Topliss-reactive ketones (excluding diaryl/α,β-unsaturated/α-hetero) is 1. The van der Waals surface area contributed by atoms with E-state index in [2.05, 4.69) is 6.92 Å². The van der Waals surface area contributed by atoms with Crippen molar-refractivity contribution in [3.8, 4) is 0 Å². The summed E-state index contributed by atoms with van der Waals surface area (Å²) in [4.78, 5) is 10.7. The smallest absolute Gasteiger partial charge is 0.129 e. The minimum absolute atomic E-state index is 0.343. The zero-order valence-electron chi connectivity index (χ0n) is 13.5. The summed E-state index contributed by atoms with van der Waals surface area (Å²) >= 11 is 0. The van der Waals surface area contributed by atoms with E-state index in [0.717, 1.165) is 12.8 Å². The van der Waals surface area contributed by atoms with Crippen LogP contribution in [0.3, 0.4) is 0 Å². The van der Waals surface area contributed by atoms with Gasteiger partial charge in [-0.05, 0) is 13.3 Å². The standard InChI is InChI=1S/C15H30O.C3H6/c1-3-4-5-6-7-8-9-10-11-12-13-14-15(2)16;1-2-3-1/h3-14H2,1-2H3;1-3H2. The molecule has 1 nitrogen and oxygen atoms in total. The zero-order chi connectivity index (χ0) is 14.2. The van der Waals surface area contributed by atoms with E-state index in [0.29, 0.717) is 5.78 Å². The zero-order valence-corrected chi connectivity index (χ0v) is 13.5. The highest BCUT2D eigenvalue weighted by Gasteiger charge is 1.95. The van der Waals surface area contributed by atoms with Gasteiger partial charge in [-0.2, -0.15) is 0 Å². The number of hydrogen-bond acceptors (Lipinski definition) is 1. The first-order valence-electron chi connectivity index (χ1n) is 8.76. The fourth-order valence-electron chi connectivity index (χ4n) is 2.04. The van der Waals surface area contributed by atoms with Gasteiger partial charge in [0.25, 0.3) is 0 Å². The van der Waals surface area contributed by atoms with Crippen LogP contribution in [0.5, 0.6) is 0 Å². The van der Waals surface area contributed by atoms with Crippen LogP contribution in [0.2, 0.25) is 0 Å². The molecule has 0 spiro atoms. The van der Waals surface area contributed by atoms with Crippen molar-refractivity contribution in [2.45, 2.75) is 110 Å². The van der Waals surface area contributed by atoms with Gasteiger partial charge < -0.3 is 4.79 Å². The number of ketones is 1. The predicted octanol–water partition coefficient (Wildman–Crippen LogP) is 6.45. The van der Waals surface area contributed by atoms with Crippen molar-refractivity contribution in [1.82, 2.24) is 0 Å². The van der Waals surface area contributed by atoms with Gasteiger partial charge >= 0.3 is 0 Å². The third kappa shape index (κ3) is 23.2. The summed E-state index contributed by atoms with van der Waals surface area (Å²) in [5, 5.41) is 0. The van der Waals surface area contributed by atoms with Gasteiger partial charge in [0.05, 0.1) is 0 Å². The maximum absolute atomic E-state index is 10.7. The molecule has 0 radical (unpaired) electrons. The number of carbonyl (C=O) groups excluding carboxylic acids is 1. The number of hydrogen-bond donors (Lipinski definition) is 0. The Morgan fingerprint density at radius 3 is 1.37 bits per heavy atom. The van der Waals surface area contributed by atoms with Crippen LogP contribution in [0.15, 0.2) is 0 Å². The van der Waals surface area contributed by atoms with E-state index in [9.17, 15) is 4.79 Å². The summed E-state index contributed by atoms with van der Waals surface area (Å²) in [5.74, 6) is 0.343. The molecule has 1 saturated carbocycles. The monoisotopic (exact) mass is 268 g/mol.